The molecular weight excluding hydrogens is 303 g/mol. The van der Waals surface area contributed by atoms with E-state index in [0.29, 0.717) is 6.07 Å². The standard InChI is InChI=1S/C10H10F3NO5S/c11-10(12,13)6-3-1-2-4-8(6)20(18,19)14-5-7(15)9(16)17/h1-4,7,14-15H,5H2,(H,16,17)/t7-/m0/s1. The van der Waals surface area contributed by atoms with Gasteiger partial charge in [-0.05, 0) is 12.1 Å². The SMILES string of the molecule is O=C(O)[C@@H](O)CNS(=O)(=O)c1ccccc1C(F)(F)F. The fourth-order valence-corrected chi connectivity index (χ4v) is 2.55. The lowest BCUT2D eigenvalue weighted by molar-refractivity contribution is -0.146. The van der Waals surface area contributed by atoms with E-state index in [1.165, 1.54) is 0 Å². The predicted octanol–water partition coefficient (Wildman–Crippen LogP) is 0.429. The number of hydrogen-bond donors (Lipinski definition) is 3. The highest BCUT2D eigenvalue weighted by atomic mass is 32.2. The molecule has 0 fully saturated rings. The van der Waals surface area contributed by atoms with Gasteiger partial charge in [-0.1, -0.05) is 12.1 Å². The Labute approximate surface area is 111 Å². The number of sulfonamides is 1. The molecule has 0 heterocycles. The summed E-state index contributed by atoms with van der Waals surface area (Å²) in [5.74, 6) is -1.70. The number of carboxylic acid groups (broad SMARTS) is 1. The number of aliphatic hydroxyl groups is 1. The average Bonchev–Trinajstić information content (AvgIpc) is 2.35. The molecule has 0 aliphatic heterocycles. The lowest BCUT2D eigenvalue weighted by Gasteiger charge is -2.14. The molecule has 3 N–H and O–H groups in total. The maximum Gasteiger partial charge on any atom is 0.417 e. The van der Waals surface area contributed by atoms with Crippen LogP contribution in [-0.4, -0.2) is 37.2 Å². The van der Waals surface area contributed by atoms with Crippen molar-refractivity contribution in [3.8, 4) is 0 Å². The van der Waals surface area contributed by atoms with Gasteiger partial charge in [-0.3, -0.25) is 0 Å². The van der Waals surface area contributed by atoms with E-state index in [9.17, 15) is 26.4 Å². The van der Waals surface area contributed by atoms with Crippen LogP contribution in [0.15, 0.2) is 29.2 Å². The van der Waals surface area contributed by atoms with Gasteiger partial charge in [0.05, 0.1) is 10.5 Å². The Morgan fingerprint density at radius 1 is 1.30 bits per heavy atom. The second-order valence-electron chi connectivity index (χ2n) is 3.70. The van der Waals surface area contributed by atoms with Crippen molar-refractivity contribution in [2.45, 2.75) is 17.2 Å². The zero-order valence-electron chi connectivity index (χ0n) is 9.76. The zero-order valence-corrected chi connectivity index (χ0v) is 10.6. The van der Waals surface area contributed by atoms with Crippen molar-refractivity contribution in [2.24, 2.45) is 0 Å². The highest BCUT2D eigenvalue weighted by molar-refractivity contribution is 7.89. The van der Waals surface area contributed by atoms with Gasteiger partial charge in [-0.15, -0.1) is 0 Å². The zero-order chi connectivity index (χ0) is 15.6. The Morgan fingerprint density at radius 2 is 1.85 bits per heavy atom. The molecule has 1 aromatic carbocycles. The third-order valence-corrected chi connectivity index (χ3v) is 3.72. The third kappa shape index (κ3) is 3.92. The van der Waals surface area contributed by atoms with Crippen LogP contribution < -0.4 is 4.72 Å². The molecule has 1 aromatic rings. The molecule has 0 bridgehead atoms. The van der Waals surface area contributed by atoms with Crippen LogP contribution >= 0.6 is 0 Å². The van der Waals surface area contributed by atoms with Gasteiger partial charge < -0.3 is 10.2 Å². The lowest BCUT2D eigenvalue weighted by Crippen LogP contribution is -2.37. The third-order valence-electron chi connectivity index (χ3n) is 2.23. The molecule has 0 saturated heterocycles. The van der Waals surface area contributed by atoms with Gasteiger partial charge in [0.15, 0.2) is 6.10 Å². The van der Waals surface area contributed by atoms with Crippen molar-refractivity contribution in [1.82, 2.24) is 4.72 Å². The second-order valence-corrected chi connectivity index (χ2v) is 5.44. The van der Waals surface area contributed by atoms with E-state index >= 15 is 0 Å². The molecule has 0 amide bonds. The van der Waals surface area contributed by atoms with Crippen molar-refractivity contribution in [3.63, 3.8) is 0 Å². The molecular formula is C10H10F3NO5S. The molecule has 0 spiro atoms. The normalized spacial score (nSPS) is 14.0. The van der Waals surface area contributed by atoms with E-state index < -0.39 is 45.3 Å². The Hall–Kier alpha value is -1.65. The van der Waals surface area contributed by atoms with Crippen molar-refractivity contribution in [1.29, 1.82) is 0 Å². The summed E-state index contributed by atoms with van der Waals surface area (Å²) in [7, 11) is -4.60. The number of aliphatic carboxylic acids is 1. The topological polar surface area (TPSA) is 104 Å². The quantitative estimate of drug-likeness (QED) is 0.731. The number of carbonyl (C=O) groups is 1. The van der Waals surface area contributed by atoms with Gasteiger partial charge in [0.2, 0.25) is 10.0 Å². The van der Waals surface area contributed by atoms with E-state index in [1.807, 2.05) is 0 Å². The van der Waals surface area contributed by atoms with Gasteiger partial charge in [0.1, 0.15) is 0 Å². The summed E-state index contributed by atoms with van der Waals surface area (Å²) in [6.07, 6.45) is -6.93. The number of carboxylic acids is 1. The largest absolute Gasteiger partial charge is 0.479 e. The Morgan fingerprint density at radius 3 is 2.35 bits per heavy atom. The van der Waals surface area contributed by atoms with E-state index in [-0.39, 0.29) is 0 Å². The van der Waals surface area contributed by atoms with Gasteiger partial charge in [-0.25, -0.2) is 17.9 Å². The monoisotopic (exact) mass is 313 g/mol. The van der Waals surface area contributed by atoms with Crippen molar-refractivity contribution in [3.05, 3.63) is 29.8 Å². The van der Waals surface area contributed by atoms with E-state index in [1.54, 1.807) is 4.72 Å². The van der Waals surface area contributed by atoms with Crippen molar-refractivity contribution >= 4 is 16.0 Å². The summed E-state index contributed by atoms with van der Waals surface area (Å²) in [6.45, 7) is -0.941. The van der Waals surface area contributed by atoms with Crippen LogP contribution in [0.3, 0.4) is 0 Å². The van der Waals surface area contributed by atoms with Crippen molar-refractivity contribution < 1.29 is 36.6 Å². The minimum absolute atomic E-state index is 0.586. The van der Waals surface area contributed by atoms with Gasteiger partial charge in [0.25, 0.3) is 0 Å². The molecule has 0 saturated carbocycles. The van der Waals surface area contributed by atoms with Crippen LogP contribution in [0.1, 0.15) is 5.56 Å². The number of aliphatic hydroxyl groups excluding tert-OH is 1. The molecule has 1 rings (SSSR count). The van der Waals surface area contributed by atoms with Gasteiger partial charge in [0, 0.05) is 6.54 Å². The fourth-order valence-electron chi connectivity index (χ4n) is 1.29. The summed E-state index contributed by atoms with van der Waals surface area (Å²) in [6, 6.07) is 3.44. The number of nitrogens with one attached hydrogen (secondary N) is 1. The summed E-state index contributed by atoms with van der Waals surface area (Å²) in [5, 5.41) is 17.3. The molecule has 0 aliphatic rings. The summed E-state index contributed by atoms with van der Waals surface area (Å²) in [4.78, 5) is 9.28. The Bertz CT molecular complexity index is 599. The van der Waals surface area contributed by atoms with Crippen LogP contribution in [0.25, 0.3) is 0 Å². The number of hydrogen-bond acceptors (Lipinski definition) is 4. The molecule has 112 valence electrons. The summed E-state index contributed by atoms with van der Waals surface area (Å²) < 4.78 is 63.0. The number of alkyl halides is 3. The average molecular weight is 313 g/mol. The number of rotatable bonds is 5. The molecule has 6 nitrogen and oxygen atoms in total. The molecule has 0 radical (unpaired) electrons. The van der Waals surface area contributed by atoms with Crippen LogP contribution in [-0.2, 0) is 21.0 Å². The van der Waals surface area contributed by atoms with Crippen LogP contribution in [0.4, 0.5) is 13.2 Å². The Kier molecular flexibility index (Phi) is 4.73. The lowest BCUT2D eigenvalue weighted by atomic mass is 10.2. The van der Waals surface area contributed by atoms with Gasteiger partial charge >= 0.3 is 12.1 Å². The van der Waals surface area contributed by atoms with E-state index in [0.717, 1.165) is 18.2 Å². The number of benzene rings is 1. The first-order valence-electron chi connectivity index (χ1n) is 5.12. The molecule has 0 aliphatic carbocycles. The maximum absolute atomic E-state index is 12.7. The molecule has 20 heavy (non-hydrogen) atoms. The second kappa shape index (κ2) is 5.77. The smallest absolute Gasteiger partial charge is 0.417 e. The molecule has 10 heteroatoms. The van der Waals surface area contributed by atoms with E-state index in [2.05, 4.69) is 0 Å². The molecule has 0 unspecified atom stereocenters. The first kappa shape index (κ1) is 16.4. The highest BCUT2D eigenvalue weighted by Gasteiger charge is 2.37. The first-order chi connectivity index (χ1) is 9.05. The maximum atomic E-state index is 12.7. The summed E-state index contributed by atoms with van der Waals surface area (Å²) >= 11 is 0. The first-order valence-corrected chi connectivity index (χ1v) is 6.61. The number of halogens is 3. The van der Waals surface area contributed by atoms with Crippen LogP contribution in [0.2, 0.25) is 0 Å². The predicted molar refractivity (Wildman–Crippen MR) is 60.3 cm³/mol. The van der Waals surface area contributed by atoms with Crippen LogP contribution in [0.5, 0.6) is 0 Å². The minimum atomic E-state index is -4.88. The molecule has 0 aromatic heterocycles. The van der Waals surface area contributed by atoms with Crippen LogP contribution in [0, 0.1) is 0 Å². The molecule has 1 atom stereocenters. The van der Waals surface area contributed by atoms with Gasteiger partial charge in [-0.2, -0.15) is 13.2 Å². The summed E-state index contributed by atoms with van der Waals surface area (Å²) in [5.41, 5.74) is -1.38. The van der Waals surface area contributed by atoms with E-state index in [4.69, 9.17) is 10.2 Å². The fraction of sp³-hybridized carbons (Fsp3) is 0.300. The highest BCUT2D eigenvalue weighted by Crippen LogP contribution is 2.33. The minimum Gasteiger partial charge on any atom is -0.479 e. The Balaban J connectivity index is 3.08. The van der Waals surface area contributed by atoms with Crippen molar-refractivity contribution in [2.75, 3.05) is 6.54 Å².